The molecule has 0 radical (unpaired) electrons. The van der Waals surface area contributed by atoms with E-state index in [1.54, 1.807) is 0 Å². The third-order valence-corrected chi connectivity index (χ3v) is 3.27. The Labute approximate surface area is 73.7 Å². The van der Waals surface area contributed by atoms with E-state index in [-0.39, 0.29) is 5.41 Å². The molecule has 0 aromatic carbocycles. The van der Waals surface area contributed by atoms with Gasteiger partial charge in [-0.1, -0.05) is 6.92 Å². The van der Waals surface area contributed by atoms with Crippen LogP contribution >= 0.6 is 0 Å². The molecule has 1 unspecified atom stereocenters. The molecule has 1 aliphatic carbocycles. The van der Waals surface area contributed by atoms with Gasteiger partial charge in [0.05, 0.1) is 0 Å². The first kappa shape index (κ1) is 8.24. The zero-order valence-electron chi connectivity index (χ0n) is 7.73. The first-order valence-electron chi connectivity index (χ1n) is 4.97. The quantitative estimate of drug-likeness (QED) is 0.690. The minimum Gasteiger partial charge on any atom is -0.314 e. The standard InChI is InChI=1S/C10H17NO/c1-10(4-5-10)9(12)7-8-3-2-6-11-8/h8,11H,2-7H2,1H3. The SMILES string of the molecule is CC1(C(=O)CC2CCCN2)CC1. The Morgan fingerprint density at radius 2 is 2.33 bits per heavy atom. The smallest absolute Gasteiger partial charge is 0.140 e. The third kappa shape index (κ3) is 1.53. The number of hydrogen-bond acceptors (Lipinski definition) is 2. The van der Waals surface area contributed by atoms with Crippen LogP contribution in [0.3, 0.4) is 0 Å². The number of hydrogen-bond donors (Lipinski definition) is 1. The van der Waals surface area contributed by atoms with Crippen molar-refractivity contribution in [2.24, 2.45) is 5.41 Å². The Morgan fingerprint density at radius 1 is 1.58 bits per heavy atom. The summed E-state index contributed by atoms with van der Waals surface area (Å²) in [5, 5.41) is 3.37. The van der Waals surface area contributed by atoms with E-state index in [9.17, 15) is 4.79 Å². The Hall–Kier alpha value is -0.370. The molecule has 0 bridgehead atoms. The van der Waals surface area contributed by atoms with E-state index in [4.69, 9.17) is 0 Å². The monoisotopic (exact) mass is 167 g/mol. The van der Waals surface area contributed by atoms with Gasteiger partial charge >= 0.3 is 0 Å². The van der Waals surface area contributed by atoms with Crippen LogP contribution in [0.2, 0.25) is 0 Å². The van der Waals surface area contributed by atoms with E-state index in [1.165, 1.54) is 12.8 Å². The van der Waals surface area contributed by atoms with Gasteiger partial charge in [-0.15, -0.1) is 0 Å². The Bertz CT molecular complexity index is 190. The summed E-state index contributed by atoms with van der Waals surface area (Å²) in [6, 6.07) is 0.495. The molecule has 1 saturated heterocycles. The lowest BCUT2D eigenvalue weighted by Crippen LogP contribution is -2.27. The van der Waals surface area contributed by atoms with Crippen molar-refractivity contribution < 1.29 is 4.79 Å². The van der Waals surface area contributed by atoms with E-state index < -0.39 is 0 Å². The molecule has 2 fully saturated rings. The lowest BCUT2D eigenvalue weighted by atomic mass is 9.97. The highest BCUT2D eigenvalue weighted by molar-refractivity contribution is 5.87. The molecule has 2 rings (SSSR count). The second kappa shape index (κ2) is 2.84. The van der Waals surface area contributed by atoms with Crippen LogP contribution in [0.4, 0.5) is 0 Å². The number of carbonyl (C=O) groups excluding carboxylic acids is 1. The van der Waals surface area contributed by atoms with Gasteiger partial charge in [0.25, 0.3) is 0 Å². The number of Topliss-reactive ketones (excluding diaryl/α,β-unsaturated/α-hetero) is 1. The van der Waals surface area contributed by atoms with Crippen LogP contribution in [0.5, 0.6) is 0 Å². The fraction of sp³-hybridized carbons (Fsp3) is 0.900. The average Bonchev–Trinajstić information content (AvgIpc) is 2.63. The van der Waals surface area contributed by atoms with E-state index in [0.717, 1.165) is 25.8 Å². The van der Waals surface area contributed by atoms with Crippen LogP contribution in [0, 0.1) is 5.41 Å². The number of carbonyl (C=O) groups is 1. The van der Waals surface area contributed by atoms with Gasteiger partial charge in [0.1, 0.15) is 5.78 Å². The normalized spacial score (nSPS) is 31.9. The van der Waals surface area contributed by atoms with Crippen LogP contribution in [-0.2, 0) is 4.79 Å². The number of ketones is 1. The molecule has 1 saturated carbocycles. The molecule has 68 valence electrons. The zero-order chi connectivity index (χ0) is 8.60. The highest BCUT2D eigenvalue weighted by Gasteiger charge is 2.44. The van der Waals surface area contributed by atoms with E-state index in [0.29, 0.717) is 11.8 Å². The molecule has 1 heterocycles. The Kier molecular flexibility index (Phi) is 1.95. The summed E-state index contributed by atoms with van der Waals surface area (Å²) in [5.74, 6) is 0.488. The van der Waals surface area contributed by atoms with Gasteiger partial charge in [-0.2, -0.15) is 0 Å². The van der Waals surface area contributed by atoms with Crippen molar-refractivity contribution in [1.29, 1.82) is 0 Å². The summed E-state index contributed by atoms with van der Waals surface area (Å²) in [4.78, 5) is 11.6. The maximum absolute atomic E-state index is 11.6. The van der Waals surface area contributed by atoms with Crippen molar-refractivity contribution >= 4 is 5.78 Å². The van der Waals surface area contributed by atoms with Gasteiger partial charge in [-0.3, -0.25) is 4.79 Å². The van der Waals surface area contributed by atoms with Crippen LogP contribution in [0.1, 0.15) is 39.0 Å². The second-order valence-electron chi connectivity index (χ2n) is 4.48. The minimum absolute atomic E-state index is 0.0876. The second-order valence-corrected chi connectivity index (χ2v) is 4.48. The summed E-state index contributed by atoms with van der Waals surface area (Å²) in [6.45, 7) is 3.21. The van der Waals surface area contributed by atoms with E-state index >= 15 is 0 Å². The molecule has 1 atom stereocenters. The summed E-state index contributed by atoms with van der Waals surface area (Å²) in [7, 11) is 0. The van der Waals surface area contributed by atoms with Crippen molar-refractivity contribution in [3.8, 4) is 0 Å². The molecule has 2 aliphatic rings. The summed E-state index contributed by atoms with van der Waals surface area (Å²) in [5.41, 5.74) is 0.0876. The van der Waals surface area contributed by atoms with Gasteiger partial charge in [-0.05, 0) is 32.2 Å². The molecule has 0 spiro atoms. The zero-order valence-corrected chi connectivity index (χ0v) is 7.73. The Balaban J connectivity index is 1.82. The average molecular weight is 167 g/mol. The topological polar surface area (TPSA) is 29.1 Å². The maximum Gasteiger partial charge on any atom is 0.140 e. The van der Waals surface area contributed by atoms with Crippen molar-refractivity contribution in [1.82, 2.24) is 5.32 Å². The Morgan fingerprint density at radius 3 is 2.83 bits per heavy atom. The third-order valence-electron chi connectivity index (χ3n) is 3.27. The van der Waals surface area contributed by atoms with Crippen molar-refractivity contribution in [2.75, 3.05) is 6.54 Å². The van der Waals surface area contributed by atoms with Gasteiger partial charge in [0.2, 0.25) is 0 Å². The summed E-state index contributed by atoms with van der Waals surface area (Å²) >= 11 is 0. The predicted molar refractivity (Wildman–Crippen MR) is 48.0 cm³/mol. The fourth-order valence-electron chi connectivity index (χ4n) is 1.87. The predicted octanol–water partition coefficient (Wildman–Crippen LogP) is 1.50. The molecule has 2 nitrogen and oxygen atoms in total. The molecule has 0 aromatic heterocycles. The lowest BCUT2D eigenvalue weighted by Gasteiger charge is -2.12. The minimum atomic E-state index is 0.0876. The van der Waals surface area contributed by atoms with Crippen LogP contribution in [-0.4, -0.2) is 18.4 Å². The van der Waals surface area contributed by atoms with Gasteiger partial charge in [0, 0.05) is 17.9 Å². The largest absolute Gasteiger partial charge is 0.314 e. The lowest BCUT2D eigenvalue weighted by molar-refractivity contribution is -0.124. The summed E-state index contributed by atoms with van der Waals surface area (Å²) < 4.78 is 0. The van der Waals surface area contributed by atoms with Crippen LogP contribution in [0.25, 0.3) is 0 Å². The van der Waals surface area contributed by atoms with Crippen molar-refractivity contribution in [3.05, 3.63) is 0 Å². The molecular weight excluding hydrogens is 150 g/mol. The first-order valence-corrected chi connectivity index (χ1v) is 4.97. The van der Waals surface area contributed by atoms with E-state index in [1.807, 2.05) is 0 Å². The molecule has 1 N–H and O–H groups in total. The van der Waals surface area contributed by atoms with Gasteiger partial charge in [0.15, 0.2) is 0 Å². The maximum atomic E-state index is 11.6. The fourth-order valence-corrected chi connectivity index (χ4v) is 1.87. The molecule has 0 amide bonds. The molecule has 0 aromatic rings. The van der Waals surface area contributed by atoms with Gasteiger partial charge in [-0.25, -0.2) is 0 Å². The van der Waals surface area contributed by atoms with Crippen molar-refractivity contribution in [3.63, 3.8) is 0 Å². The van der Waals surface area contributed by atoms with Crippen molar-refractivity contribution in [2.45, 2.75) is 45.1 Å². The molecule has 1 aliphatic heterocycles. The molecule has 12 heavy (non-hydrogen) atoms. The highest BCUT2D eigenvalue weighted by Crippen LogP contribution is 2.46. The number of rotatable bonds is 3. The van der Waals surface area contributed by atoms with Crippen LogP contribution < -0.4 is 5.32 Å². The molecular formula is C10H17NO. The number of nitrogens with one attached hydrogen (secondary N) is 1. The van der Waals surface area contributed by atoms with Gasteiger partial charge < -0.3 is 5.32 Å². The van der Waals surface area contributed by atoms with Crippen LogP contribution in [0.15, 0.2) is 0 Å². The summed E-state index contributed by atoms with van der Waals surface area (Å²) in [6.07, 6.45) is 5.46. The highest BCUT2D eigenvalue weighted by atomic mass is 16.1. The first-order chi connectivity index (χ1) is 5.71. The van der Waals surface area contributed by atoms with E-state index in [2.05, 4.69) is 12.2 Å². The molecule has 2 heteroatoms.